The van der Waals surface area contributed by atoms with Gasteiger partial charge in [0.05, 0.1) is 13.0 Å². The monoisotopic (exact) mass is 359 g/mol. The molecule has 1 aliphatic heterocycles. The van der Waals surface area contributed by atoms with Crippen LogP contribution in [0.2, 0.25) is 0 Å². The van der Waals surface area contributed by atoms with E-state index in [1.165, 1.54) is 0 Å². The fourth-order valence-corrected chi connectivity index (χ4v) is 2.58. The number of nitrogens with zero attached hydrogens (tertiary/aromatic N) is 1. The molecule has 0 aromatic carbocycles. The van der Waals surface area contributed by atoms with Crippen LogP contribution in [0.5, 0.6) is 0 Å². The Morgan fingerprint density at radius 2 is 1.92 bits per heavy atom. The topological polar surface area (TPSA) is 85.3 Å². The van der Waals surface area contributed by atoms with Gasteiger partial charge in [-0.15, -0.1) is 0 Å². The van der Waals surface area contributed by atoms with Gasteiger partial charge in [0.1, 0.15) is 5.60 Å². The summed E-state index contributed by atoms with van der Waals surface area (Å²) in [6.45, 7) is 8.47. The Bertz CT molecular complexity index is 401. The highest BCUT2D eigenvalue weighted by Gasteiger charge is 2.17. The maximum Gasteiger partial charge on any atom is 0.306 e. The van der Waals surface area contributed by atoms with Crippen molar-refractivity contribution in [2.75, 3.05) is 32.8 Å². The molecule has 1 atom stereocenters. The molecule has 1 fully saturated rings. The third kappa shape index (κ3) is 11.9. The summed E-state index contributed by atoms with van der Waals surface area (Å²) in [6, 6.07) is 0. The van der Waals surface area contributed by atoms with Gasteiger partial charge < -0.3 is 24.2 Å². The van der Waals surface area contributed by atoms with Crippen molar-refractivity contribution in [3.63, 3.8) is 0 Å². The number of aliphatic carboxylic acids is 1. The minimum atomic E-state index is -0.825. The average Bonchev–Trinajstić information content (AvgIpc) is 2.51. The summed E-state index contributed by atoms with van der Waals surface area (Å²) in [6.07, 6.45) is 4.00. The van der Waals surface area contributed by atoms with Crippen LogP contribution < -0.4 is 0 Å². The molecule has 146 valence electrons. The first-order valence-corrected chi connectivity index (χ1v) is 9.15. The van der Waals surface area contributed by atoms with Crippen molar-refractivity contribution in [2.24, 2.45) is 0 Å². The van der Waals surface area contributed by atoms with E-state index in [-0.39, 0.29) is 18.7 Å². The standard InChI is InChI=1S/C18H33NO6/c1-18(2,3)25-16(22)7-6-10-19(11-9-15(20)21)12-14-24-17-8-4-5-13-23-17/h17H,4-14H2,1-3H3,(H,20,21). The molecule has 0 bridgehead atoms. The van der Waals surface area contributed by atoms with Crippen molar-refractivity contribution in [3.8, 4) is 0 Å². The second-order valence-electron chi connectivity index (χ2n) is 7.34. The van der Waals surface area contributed by atoms with Crippen LogP contribution in [0.3, 0.4) is 0 Å². The normalized spacial score (nSPS) is 18.3. The molecular weight excluding hydrogens is 326 g/mol. The van der Waals surface area contributed by atoms with Crippen molar-refractivity contribution in [1.29, 1.82) is 0 Å². The lowest BCUT2D eigenvalue weighted by Gasteiger charge is -2.26. The second-order valence-corrected chi connectivity index (χ2v) is 7.34. The molecule has 1 aliphatic rings. The molecule has 1 rings (SSSR count). The van der Waals surface area contributed by atoms with E-state index in [0.717, 1.165) is 25.9 Å². The number of carbonyl (C=O) groups is 2. The molecule has 7 heteroatoms. The van der Waals surface area contributed by atoms with Crippen LogP contribution in [0, 0.1) is 0 Å². The highest BCUT2D eigenvalue weighted by atomic mass is 16.7. The Balaban J connectivity index is 2.28. The number of ether oxygens (including phenoxy) is 3. The summed E-state index contributed by atoms with van der Waals surface area (Å²) in [5.41, 5.74) is -0.478. The molecule has 1 heterocycles. The van der Waals surface area contributed by atoms with E-state index in [9.17, 15) is 9.59 Å². The molecular formula is C18H33NO6. The van der Waals surface area contributed by atoms with Gasteiger partial charge in [-0.2, -0.15) is 0 Å². The van der Waals surface area contributed by atoms with Gasteiger partial charge in [0.15, 0.2) is 6.29 Å². The third-order valence-corrected chi connectivity index (χ3v) is 3.77. The molecule has 25 heavy (non-hydrogen) atoms. The first-order chi connectivity index (χ1) is 11.8. The highest BCUT2D eigenvalue weighted by Crippen LogP contribution is 2.14. The van der Waals surface area contributed by atoms with Crippen molar-refractivity contribution in [3.05, 3.63) is 0 Å². The number of carbonyl (C=O) groups excluding carboxylic acids is 1. The van der Waals surface area contributed by atoms with Gasteiger partial charge in [0.2, 0.25) is 0 Å². The number of hydrogen-bond acceptors (Lipinski definition) is 6. The summed E-state index contributed by atoms with van der Waals surface area (Å²) >= 11 is 0. The Hall–Kier alpha value is -1.18. The summed E-state index contributed by atoms with van der Waals surface area (Å²) in [4.78, 5) is 24.6. The van der Waals surface area contributed by atoms with Crippen molar-refractivity contribution in [2.45, 2.75) is 71.2 Å². The lowest BCUT2D eigenvalue weighted by atomic mass is 10.2. The lowest BCUT2D eigenvalue weighted by molar-refractivity contribution is -0.164. The summed E-state index contributed by atoms with van der Waals surface area (Å²) in [5, 5.41) is 8.88. The zero-order valence-electron chi connectivity index (χ0n) is 15.8. The predicted octanol–water partition coefficient (Wildman–Crippen LogP) is 2.43. The van der Waals surface area contributed by atoms with Gasteiger partial charge in [-0.3, -0.25) is 9.59 Å². The van der Waals surface area contributed by atoms with Crippen LogP contribution in [-0.2, 0) is 23.8 Å². The molecule has 0 aromatic rings. The fourth-order valence-electron chi connectivity index (χ4n) is 2.58. The van der Waals surface area contributed by atoms with Gasteiger partial charge >= 0.3 is 11.9 Å². The van der Waals surface area contributed by atoms with Crippen LogP contribution in [0.15, 0.2) is 0 Å². The van der Waals surface area contributed by atoms with Crippen LogP contribution in [-0.4, -0.2) is 66.7 Å². The number of esters is 1. The van der Waals surface area contributed by atoms with E-state index in [2.05, 4.69) is 0 Å². The molecule has 0 radical (unpaired) electrons. The first kappa shape index (κ1) is 21.9. The molecule has 0 spiro atoms. The maximum atomic E-state index is 11.8. The third-order valence-electron chi connectivity index (χ3n) is 3.77. The molecule has 1 N–H and O–H groups in total. The summed E-state index contributed by atoms with van der Waals surface area (Å²) in [5.74, 6) is -1.05. The van der Waals surface area contributed by atoms with E-state index in [1.807, 2.05) is 25.7 Å². The van der Waals surface area contributed by atoms with Crippen molar-refractivity contribution < 1.29 is 28.9 Å². The van der Waals surface area contributed by atoms with Gasteiger partial charge in [-0.25, -0.2) is 0 Å². The maximum absolute atomic E-state index is 11.8. The SMILES string of the molecule is CC(C)(C)OC(=O)CCCN(CCOC1CCCCO1)CCC(=O)O. The van der Waals surface area contributed by atoms with Crippen LogP contribution >= 0.6 is 0 Å². The van der Waals surface area contributed by atoms with Crippen LogP contribution in [0.1, 0.15) is 59.3 Å². The number of carboxylic acids is 1. The van der Waals surface area contributed by atoms with E-state index < -0.39 is 11.6 Å². The van der Waals surface area contributed by atoms with Crippen LogP contribution in [0.25, 0.3) is 0 Å². The van der Waals surface area contributed by atoms with E-state index in [0.29, 0.717) is 39.1 Å². The minimum absolute atomic E-state index is 0.0758. The Kier molecular flexibility index (Phi) is 10.0. The number of hydrogen-bond donors (Lipinski definition) is 1. The van der Waals surface area contributed by atoms with E-state index in [1.54, 1.807) is 0 Å². The van der Waals surface area contributed by atoms with Crippen molar-refractivity contribution in [1.82, 2.24) is 4.90 Å². The molecule has 0 aromatic heterocycles. The Morgan fingerprint density at radius 1 is 1.16 bits per heavy atom. The van der Waals surface area contributed by atoms with Gasteiger partial charge in [-0.05, 0) is 53.0 Å². The minimum Gasteiger partial charge on any atom is -0.481 e. The number of rotatable bonds is 11. The van der Waals surface area contributed by atoms with Gasteiger partial charge in [-0.1, -0.05) is 0 Å². The molecule has 1 unspecified atom stereocenters. The quantitative estimate of drug-likeness (QED) is 0.567. The van der Waals surface area contributed by atoms with Crippen LogP contribution in [0.4, 0.5) is 0 Å². The summed E-state index contributed by atoms with van der Waals surface area (Å²) in [7, 11) is 0. The van der Waals surface area contributed by atoms with E-state index >= 15 is 0 Å². The predicted molar refractivity (Wildman–Crippen MR) is 93.3 cm³/mol. The highest BCUT2D eigenvalue weighted by molar-refractivity contribution is 5.69. The second kappa shape index (κ2) is 11.4. The summed E-state index contributed by atoms with van der Waals surface area (Å²) < 4.78 is 16.5. The fraction of sp³-hybridized carbons (Fsp3) is 0.889. The zero-order valence-corrected chi connectivity index (χ0v) is 15.8. The van der Waals surface area contributed by atoms with Gasteiger partial charge in [0.25, 0.3) is 0 Å². The van der Waals surface area contributed by atoms with E-state index in [4.69, 9.17) is 19.3 Å². The lowest BCUT2D eigenvalue weighted by Crippen LogP contribution is -2.33. The smallest absolute Gasteiger partial charge is 0.306 e. The number of carboxylic acid groups (broad SMARTS) is 1. The molecule has 0 saturated carbocycles. The van der Waals surface area contributed by atoms with Crippen molar-refractivity contribution >= 4 is 11.9 Å². The van der Waals surface area contributed by atoms with Gasteiger partial charge in [0, 0.05) is 26.1 Å². The Morgan fingerprint density at radius 3 is 2.52 bits per heavy atom. The molecule has 0 amide bonds. The molecule has 7 nitrogen and oxygen atoms in total. The molecule has 0 aliphatic carbocycles. The first-order valence-electron chi connectivity index (χ1n) is 9.15. The Labute approximate surface area is 150 Å². The zero-order chi connectivity index (χ0) is 18.7. The molecule has 1 saturated heterocycles. The largest absolute Gasteiger partial charge is 0.481 e. The average molecular weight is 359 g/mol.